The Bertz CT molecular complexity index is 419. The summed E-state index contributed by atoms with van der Waals surface area (Å²) in [6, 6.07) is 2.23. The zero-order valence-electron chi connectivity index (χ0n) is 11.4. The first-order valence-corrected chi connectivity index (χ1v) is 6.70. The normalized spacial score (nSPS) is 17.7. The lowest BCUT2D eigenvalue weighted by molar-refractivity contribution is 0.234. The van der Waals surface area contributed by atoms with Crippen LogP contribution in [0.3, 0.4) is 0 Å². The molecule has 1 heterocycles. The number of rotatable bonds is 3. The molecule has 2 N–H and O–H groups in total. The molecule has 0 bridgehead atoms. The van der Waals surface area contributed by atoms with Crippen molar-refractivity contribution in [2.75, 3.05) is 0 Å². The fourth-order valence-electron chi connectivity index (χ4n) is 2.65. The van der Waals surface area contributed by atoms with Gasteiger partial charge in [-0.05, 0) is 39.7 Å². The highest BCUT2D eigenvalue weighted by Crippen LogP contribution is 2.21. The largest absolute Gasteiger partial charge is 0.466 e. The molecule has 4 nitrogen and oxygen atoms in total. The number of hydrogen-bond donors (Lipinski definition) is 2. The number of carbonyl (C=O) groups excluding carboxylic acids is 1. The lowest BCUT2D eigenvalue weighted by Crippen LogP contribution is -2.41. The first-order chi connectivity index (χ1) is 8.56. The topological polar surface area (TPSA) is 54.3 Å². The molecule has 1 fully saturated rings. The molecule has 2 rings (SSSR count). The predicted molar refractivity (Wildman–Crippen MR) is 70.5 cm³/mol. The highest BCUT2D eigenvalue weighted by Gasteiger charge is 2.19. The van der Waals surface area contributed by atoms with Gasteiger partial charge in [-0.3, -0.25) is 0 Å². The Labute approximate surface area is 108 Å². The van der Waals surface area contributed by atoms with Crippen LogP contribution in [-0.2, 0) is 0 Å². The smallest absolute Gasteiger partial charge is 0.315 e. The van der Waals surface area contributed by atoms with Gasteiger partial charge in [0.2, 0.25) is 0 Å². The summed E-state index contributed by atoms with van der Waals surface area (Å²) in [5.41, 5.74) is 1.05. The van der Waals surface area contributed by atoms with Gasteiger partial charge in [0.1, 0.15) is 11.5 Å². The monoisotopic (exact) mass is 250 g/mol. The highest BCUT2D eigenvalue weighted by molar-refractivity contribution is 5.74. The molecule has 1 aliphatic rings. The van der Waals surface area contributed by atoms with Crippen LogP contribution in [0.4, 0.5) is 4.79 Å². The Morgan fingerprint density at radius 1 is 1.39 bits per heavy atom. The molecule has 0 aromatic carbocycles. The van der Waals surface area contributed by atoms with E-state index in [0.717, 1.165) is 29.9 Å². The van der Waals surface area contributed by atoms with E-state index in [0.29, 0.717) is 6.04 Å². The summed E-state index contributed by atoms with van der Waals surface area (Å²) in [5, 5.41) is 5.99. The van der Waals surface area contributed by atoms with Gasteiger partial charge in [-0.2, -0.15) is 0 Å². The van der Waals surface area contributed by atoms with Gasteiger partial charge in [0.05, 0.1) is 6.04 Å². The van der Waals surface area contributed by atoms with Crippen LogP contribution in [0.15, 0.2) is 10.5 Å². The summed E-state index contributed by atoms with van der Waals surface area (Å²) in [6.45, 7) is 5.82. The molecule has 1 aromatic heterocycles. The molecule has 18 heavy (non-hydrogen) atoms. The van der Waals surface area contributed by atoms with Crippen molar-refractivity contribution >= 4 is 6.03 Å². The van der Waals surface area contributed by atoms with E-state index >= 15 is 0 Å². The van der Waals surface area contributed by atoms with Gasteiger partial charge in [0, 0.05) is 11.6 Å². The lowest BCUT2D eigenvalue weighted by Gasteiger charge is -2.17. The molecule has 0 radical (unpaired) electrons. The van der Waals surface area contributed by atoms with Gasteiger partial charge in [0.15, 0.2) is 0 Å². The molecule has 1 aliphatic carbocycles. The summed E-state index contributed by atoms with van der Waals surface area (Å²) in [7, 11) is 0. The van der Waals surface area contributed by atoms with Crippen LogP contribution in [0.25, 0.3) is 0 Å². The Morgan fingerprint density at radius 3 is 2.61 bits per heavy atom. The molecular weight excluding hydrogens is 228 g/mol. The van der Waals surface area contributed by atoms with Crippen LogP contribution in [0.1, 0.15) is 55.7 Å². The Kier molecular flexibility index (Phi) is 3.94. The van der Waals surface area contributed by atoms with E-state index < -0.39 is 0 Å². The third kappa shape index (κ3) is 3.06. The van der Waals surface area contributed by atoms with Crippen molar-refractivity contribution in [3.8, 4) is 0 Å². The summed E-state index contributed by atoms with van der Waals surface area (Å²) in [6.07, 6.45) is 4.65. The number of furan rings is 1. The molecule has 1 saturated carbocycles. The van der Waals surface area contributed by atoms with Crippen LogP contribution in [0.2, 0.25) is 0 Å². The number of urea groups is 1. The molecule has 1 unspecified atom stereocenters. The second-order valence-electron chi connectivity index (χ2n) is 5.19. The van der Waals surface area contributed by atoms with Crippen molar-refractivity contribution in [2.24, 2.45) is 0 Å². The first-order valence-electron chi connectivity index (χ1n) is 6.70. The molecule has 0 saturated heterocycles. The molecule has 0 spiro atoms. The van der Waals surface area contributed by atoms with Gasteiger partial charge in [0.25, 0.3) is 0 Å². The average Bonchev–Trinajstić information content (AvgIpc) is 2.88. The minimum absolute atomic E-state index is 0.0242. The van der Waals surface area contributed by atoms with Gasteiger partial charge in [-0.1, -0.05) is 12.8 Å². The molecule has 1 atom stereocenters. The summed E-state index contributed by atoms with van der Waals surface area (Å²) in [4.78, 5) is 11.8. The fraction of sp³-hybridized carbons (Fsp3) is 0.643. The summed E-state index contributed by atoms with van der Waals surface area (Å²) >= 11 is 0. The van der Waals surface area contributed by atoms with Crippen LogP contribution < -0.4 is 10.6 Å². The minimum atomic E-state index is -0.0762. The second-order valence-corrected chi connectivity index (χ2v) is 5.19. The molecule has 4 heteroatoms. The van der Waals surface area contributed by atoms with Crippen molar-refractivity contribution in [3.05, 3.63) is 23.2 Å². The van der Waals surface area contributed by atoms with Crippen molar-refractivity contribution in [3.63, 3.8) is 0 Å². The average molecular weight is 250 g/mol. The molecular formula is C14H22N2O2. The summed E-state index contributed by atoms with van der Waals surface area (Å²) < 4.78 is 5.48. The molecule has 1 aromatic rings. The number of nitrogens with one attached hydrogen (secondary N) is 2. The van der Waals surface area contributed by atoms with Crippen molar-refractivity contribution in [1.29, 1.82) is 0 Å². The molecule has 0 aliphatic heterocycles. The zero-order valence-corrected chi connectivity index (χ0v) is 11.4. The SMILES string of the molecule is Cc1cc(C(C)NC(=O)NC2CCCC2)c(C)o1. The third-order valence-electron chi connectivity index (χ3n) is 3.58. The quantitative estimate of drug-likeness (QED) is 0.865. The van der Waals surface area contributed by atoms with E-state index in [-0.39, 0.29) is 12.1 Å². The van der Waals surface area contributed by atoms with Crippen molar-refractivity contribution < 1.29 is 9.21 Å². The molecule has 100 valence electrons. The molecule has 2 amide bonds. The van der Waals surface area contributed by atoms with Crippen molar-refractivity contribution in [1.82, 2.24) is 10.6 Å². The van der Waals surface area contributed by atoms with Gasteiger partial charge in [-0.15, -0.1) is 0 Å². The van der Waals surface area contributed by atoms with E-state index in [2.05, 4.69) is 10.6 Å². The fourth-order valence-corrected chi connectivity index (χ4v) is 2.65. The van der Waals surface area contributed by atoms with Crippen LogP contribution in [0, 0.1) is 13.8 Å². The van der Waals surface area contributed by atoms with Gasteiger partial charge in [-0.25, -0.2) is 4.79 Å². The van der Waals surface area contributed by atoms with E-state index in [1.54, 1.807) is 0 Å². The lowest BCUT2D eigenvalue weighted by atomic mass is 10.1. The van der Waals surface area contributed by atoms with Crippen molar-refractivity contribution in [2.45, 2.75) is 58.5 Å². The zero-order chi connectivity index (χ0) is 13.1. The number of hydrogen-bond acceptors (Lipinski definition) is 2. The summed E-state index contributed by atoms with van der Waals surface area (Å²) in [5.74, 6) is 1.76. The Morgan fingerprint density at radius 2 is 2.06 bits per heavy atom. The van der Waals surface area contributed by atoms with E-state index in [1.165, 1.54) is 12.8 Å². The minimum Gasteiger partial charge on any atom is -0.466 e. The van der Waals surface area contributed by atoms with Crippen LogP contribution in [0.5, 0.6) is 0 Å². The Hall–Kier alpha value is -1.45. The number of amides is 2. The number of carbonyl (C=O) groups is 1. The Balaban J connectivity index is 1.88. The standard InChI is InChI=1S/C14H22N2O2/c1-9-8-13(11(3)18-9)10(2)15-14(17)16-12-6-4-5-7-12/h8,10,12H,4-7H2,1-3H3,(H2,15,16,17). The van der Waals surface area contributed by atoms with Crippen LogP contribution in [-0.4, -0.2) is 12.1 Å². The second kappa shape index (κ2) is 5.46. The van der Waals surface area contributed by atoms with Gasteiger partial charge >= 0.3 is 6.03 Å². The maximum Gasteiger partial charge on any atom is 0.315 e. The predicted octanol–water partition coefficient (Wildman–Crippen LogP) is 3.20. The van der Waals surface area contributed by atoms with E-state index in [1.807, 2.05) is 26.8 Å². The maximum atomic E-state index is 11.8. The maximum absolute atomic E-state index is 11.8. The van der Waals surface area contributed by atoms with E-state index in [9.17, 15) is 4.79 Å². The third-order valence-corrected chi connectivity index (χ3v) is 3.58. The van der Waals surface area contributed by atoms with E-state index in [4.69, 9.17) is 4.42 Å². The van der Waals surface area contributed by atoms with Gasteiger partial charge < -0.3 is 15.1 Å². The highest BCUT2D eigenvalue weighted by atomic mass is 16.3. The first kappa shape index (κ1) is 13.0. The number of aryl methyl sites for hydroxylation is 2. The van der Waals surface area contributed by atoms with Crippen LogP contribution >= 0.6 is 0 Å².